The predicted molar refractivity (Wildman–Crippen MR) is 113 cm³/mol. The number of carbonyl (C=O) groups excluding carboxylic acids is 1. The largest absolute Gasteiger partial charge is 0.408 e. The number of carbonyl (C=O) groups is 1. The molecule has 0 aliphatic rings. The third-order valence-corrected chi connectivity index (χ3v) is 5.04. The van der Waals surface area contributed by atoms with E-state index in [1.165, 1.54) is 12.3 Å². The highest BCUT2D eigenvalue weighted by Crippen LogP contribution is 2.31. The van der Waals surface area contributed by atoms with Gasteiger partial charge in [0.1, 0.15) is 6.54 Å². The molecule has 1 aromatic carbocycles. The molecule has 4 rings (SSSR count). The van der Waals surface area contributed by atoms with Crippen LogP contribution in [0, 0.1) is 13.8 Å². The van der Waals surface area contributed by atoms with Crippen LogP contribution in [0.3, 0.4) is 0 Å². The van der Waals surface area contributed by atoms with Crippen molar-refractivity contribution in [3.63, 3.8) is 0 Å². The minimum atomic E-state index is -4.44. The zero-order chi connectivity index (χ0) is 22.9. The van der Waals surface area contributed by atoms with Gasteiger partial charge in [-0.15, -0.1) is 0 Å². The minimum absolute atomic E-state index is 0.150. The maximum atomic E-state index is 13.1. The fourth-order valence-corrected chi connectivity index (χ4v) is 3.41. The Bertz CT molecular complexity index is 1260. The van der Waals surface area contributed by atoms with E-state index in [4.69, 9.17) is 0 Å². The minimum Gasteiger partial charge on any atom is -0.294 e. The zero-order valence-corrected chi connectivity index (χ0v) is 17.5. The number of ketones is 1. The van der Waals surface area contributed by atoms with Gasteiger partial charge in [-0.1, -0.05) is 6.07 Å². The summed E-state index contributed by atoms with van der Waals surface area (Å²) in [5.74, 6) is -0.206. The topological polar surface area (TPSA) is 73.6 Å². The maximum absolute atomic E-state index is 13.1. The summed E-state index contributed by atoms with van der Waals surface area (Å²) in [4.78, 5) is 25.8. The van der Waals surface area contributed by atoms with Crippen molar-refractivity contribution in [2.24, 2.45) is 0 Å². The number of pyridine rings is 1. The first-order chi connectivity index (χ1) is 15.2. The van der Waals surface area contributed by atoms with E-state index >= 15 is 0 Å². The second-order valence-electron chi connectivity index (χ2n) is 7.67. The highest BCUT2D eigenvalue weighted by molar-refractivity contribution is 6.04. The van der Waals surface area contributed by atoms with Crippen molar-refractivity contribution in [2.75, 3.05) is 0 Å². The Morgan fingerprint density at radius 3 is 2.47 bits per heavy atom. The van der Waals surface area contributed by atoms with Crippen LogP contribution in [0.15, 0.2) is 49.1 Å². The molecule has 0 bridgehead atoms. The Morgan fingerprint density at radius 2 is 1.81 bits per heavy atom. The lowest BCUT2D eigenvalue weighted by Gasteiger charge is -2.11. The molecule has 0 saturated heterocycles. The molecule has 9 heteroatoms. The van der Waals surface area contributed by atoms with E-state index in [-0.39, 0.29) is 17.7 Å². The van der Waals surface area contributed by atoms with Gasteiger partial charge in [-0.2, -0.15) is 18.3 Å². The summed E-state index contributed by atoms with van der Waals surface area (Å²) in [5.41, 5.74) is 4.07. The standard InChI is InChI=1S/C23H20F3N5O/c1-14-3-5-20(29-9-14)18-7-16(22(32)6-4-17-11-27-15(2)10-28-17)8-21-19(18)12-30-31(21)13-23(24,25)26/h3,5,7-12H,4,6,13H2,1-2H3. The number of alkyl halides is 3. The number of aryl methyl sites for hydroxylation is 3. The number of benzene rings is 1. The van der Waals surface area contributed by atoms with E-state index in [0.717, 1.165) is 15.9 Å². The third-order valence-electron chi connectivity index (χ3n) is 5.04. The molecule has 0 aliphatic carbocycles. The first kappa shape index (κ1) is 21.6. The van der Waals surface area contributed by atoms with Gasteiger partial charge in [0, 0.05) is 41.5 Å². The Morgan fingerprint density at radius 1 is 1.00 bits per heavy atom. The number of nitrogens with zero attached hydrogens (tertiary/aromatic N) is 5. The summed E-state index contributed by atoms with van der Waals surface area (Å²) >= 11 is 0. The van der Waals surface area contributed by atoms with E-state index in [2.05, 4.69) is 20.1 Å². The highest BCUT2D eigenvalue weighted by Gasteiger charge is 2.29. The van der Waals surface area contributed by atoms with E-state index in [9.17, 15) is 18.0 Å². The second kappa shape index (κ2) is 8.49. The molecular weight excluding hydrogens is 419 g/mol. The van der Waals surface area contributed by atoms with Crippen molar-refractivity contribution < 1.29 is 18.0 Å². The van der Waals surface area contributed by atoms with Gasteiger partial charge < -0.3 is 0 Å². The Kier molecular flexibility index (Phi) is 5.73. The van der Waals surface area contributed by atoms with Crippen LogP contribution in [0.1, 0.15) is 33.7 Å². The number of hydrogen-bond donors (Lipinski definition) is 0. The molecule has 0 unspecified atom stereocenters. The quantitative estimate of drug-likeness (QED) is 0.400. The molecule has 3 aromatic heterocycles. The SMILES string of the molecule is Cc1ccc(-c2cc(C(=O)CCc3cnc(C)cn3)cc3c2cnn3CC(F)(F)F)nc1. The van der Waals surface area contributed by atoms with Crippen LogP contribution in [0.2, 0.25) is 0 Å². The lowest BCUT2D eigenvalue weighted by molar-refractivity contribution is -0.141. The number of aromatic nitrogens is 5. The van der Waals surface area contributed by atoms with Crippen LogP contribution in [0.5, 0.6) is 0 Å². The summed E-state index contributed by atoms with van der Waals surface area (Å²) < 4.78 is 40.0. The van der Waals surface area contributed by atoms with Crippen molar-refractivity contribution in [2.45, 2.75) is 39.4 Å². The van der Waals surface area contributed by atoms with Crippen molar-refractivity contribution in [3.05, 3.63) is 71.6 Å². The molecule has 0 N–H and O–H groups in total. The summed E-state index contributed by atoms with van der Waals surface area (Å²) in [5, 5.41) is 4.43. The van der Waals surface area contributed by atoms with Crippen LogP contribution >= 0.6 is 0 Å². The zero-order valence-electron chi connectivity index (χ0n) is 17.5. The van der Waals surface area contributed by atoms with Gasteiger partial charge in [0.05, 0.1) is 28.8 Å². The van der Waals surface area contributed by atoms with Crippen LogP contribution < -0.4 is 0 Å². The fourth-order valence-electron chi connectivity index (χ4n) is 3.41. The fraction of sp³-hybridized carbons (Fsp3) is 0.261. The van der Waals surface area contributed by atoms with Gasteiger partial charge >= 0.3 is 6.18 Å². The van der Waals surface area contributed by atoms with Crippen LogP contribution in [0.25, 0.3) is 22.2 Å². The van der Waals surface area contributed by atoms with Crippen molar-refractivity contribution >= 4 is 16.7 Å². The van der Waals surface area contributed by atoms with Crippen molar-refractivity contribution in [3.8, 4) is 11.3 Å². The average molecular weight is 439 g/mol. The average Bonchev–Trinajstić information content (AvgIpc) is 3.14. The van der Waals surface area contributed by atoms with E-state index < -0.39 is 12.7 Å². The molecule has 0 fully saturated rings. The maximum Gasteiger partial charge on any atom is 0.408 e. The molecule has 0 spiro atoms. The van der Waals surface area contributed by atoms with E-state index in [0.29, 0.717) is 34.3 Å². The van der Waals surface area contributed by atoms with Crippen LogP contribution in [-0.2, 0) is 13.0 Å². The van der Waals surface area contributed by atoms with Gasteiger partial charge in [0.2, 0.25) is 0 Å². The van der Waals surface area contributed by atoms with Crippen molar-refractivity contribution in [1.29, 1.82) is 0 Å². The smallest absolute Gasteiger partial charge is 0.294 e. The number of rotatable bonds is 6. The summed E-state index contributed by atoms with van der Waals surface area (Å²) in [7, 11) is 0. The lowest BCUT2D eigenvalue weighted by atomic mass is 9.98. The first-order valence-electron chi connectivity index (χ1n) is 10.00. The lowest BCUT2D eigenvalue weighted by Crippen LogP contribution is -2.18. The molecule has 32 heavy (non-hydrogen) atoms. The third kappa shape index (κ3) is 4.82. The molecule has 0 amide bonds. The normalized spacial score (nSPS) is 11.8. The monoisotopic (exact) mass is 439 g/mol. The first-order valence-corrected chi connectivity index (χ1v) is 10.00. The number of hydrogen-bond acceptors (Lipinski definition) is 5. The van der Waals surface area contributed by atoms with E-state index in [1.807, 2.05) is 19.9 Å². The highest BCUT2D eigenvalue weighted by atomic mass is 19.4. The van der Waals surface area contributed by atoms with Gasteiger partial charge in [0.25, 0.3) is 0 Å². The molecule has 3 heterocycles. The molecule has 6 nitrogen and oxygen atoms in total. The molecule has 0 aliphatic heterocycles. The number of fused-ring (bicyclic) bond motifs is 1. The Hall–Kier alpha value is -3.62. The molecule has 0 radical (unpaired) electrons. The second-order valence-corrected chi connectivity index (χ2v) is 7.67. The predicted octanol–water partition coefficient (Wildman–Crippen LogP) is 4.88. The summed E-state index contributed by atoms with van der Waals surface area (Å²) in [6.45, 7) is 2.47. The number of halogens is 3. The van der Waals surface area contributed by atoms with E-state index in [1.54, 1.807) is 30.7 Å². The Balaban J connectivity index is 1.73. The van der Waals surface area contributed by atoms with Crippen LogP contribution in [0.4, 0.5) is 13.2 Å². The molecule has 0 saturated carbocycles. The van der Waals surface area contributed by atoms with Gasteiger partial charge in [0.15, 0.2) is 5.78 Å². The Labute approximate surface area is 182 Å². The summed E-state index contributed by atoms with van der Waals surface area (Å²) in [6.07, 6.45) is 2.39. The molecule has 0 atom stereocenters. The molecular formula is C23H20F3N5O. The number of Topliss-reactive ketones (excluding diaryl/α,β-unsaturated/α-hetero) is 1. The van der Waals surface area contributed by atoms with Crippen molar-refractivity contribution in [1.82, 2.24) is 24.7 Å². The molecule has 4 aromatic rings. The van der Waals surface area contributed by atoms with Gasteiger partial charge in [-0.25, -0.2) is 0 Å². The molecule has 164 valence electrons. The van der Waals surface area contributed by atoms with Gasteiger partial charge in [-0.3, -0.25) is 24.4 Å². The van der Waals surface area contributed by atoms with Gasteiger partial charge in [-0.05, 0) is 44.0 Å². The summed E-state index contributed by atoms with van der Waals surface area (Å²) in [6, 6.07) is 6.78. The van der Waals surface area contributed by atoms with Crippen LogP contribution in [-0.4, -0.2) is 36.7 Å².